The molecule has 1 aliphatic heterocycles. The van der Waals surface area contributed by atoms with Gasteiger partial charge in [0.15, 0.2) is 11.6 Å². The van der Waals surface area contributed by atoms with Crippen molar-refractivity contribution in [3.05, 3.63) is 29.3 Å². The van der Waals surface area contributed by atoms with E-state index in [1.807, 2.05) is 0 Å². The molecule has 1 N–H and O–H groups in total. The number of hydrogen-bond acceptors (Lipinski definition) is 3. The molecule has 0 amide bonds. The van der Waals surface area contributed by atoms with Gasteiger partial charge in [0, 0.05) is 12.6 Å². The molecular formula is C16H20F2N2O. The van der Waals surface area contributed by atoms with E-state index in [0.29, 0.717) is 6.61 Å². The quantitative estimate of drug-likeness (QED) is 0.913. The van der Waals surface area contributed by atoms with Crippen molar-refractivity contribution < 1.29 is 13.5 Å². The van der Waals surface area contributed by atoms with Crippen LogP contribution in [0.15, 0.2) is 12.1 Å². The Bertz CT molecular complexity index is 550. The van der Waals surface area contributed by atoms with Crippen molar-refractivity contribution >= 4 is 5.69 Å². The monoisotopic (exact) mass is 294 g/mol. The molecule has 1 saturated heterocycles. The summed E-state index contributed by atoms with van der Waals surface area (Å²) < 4.78 is 33.5. The third-order valence-electron chi connectivity index (χ3n) is 4.34. The zero-order valence-electron chi connectivity index (χ0n) is 12.4. The fourth-order valence-electron chi connectivity index (χ4n) is 2.86. The lowest BCUT2D eigenvalue weighted by Gasteiger charge is -2.40. The Hall–Kier alpha value is -1.67. The van der Waals surface area contributed by atoms with Crippen molar-refractivity contribution in [1.29, 1.82) is 5.26 Å². The number of nitrogens with one attached hydrogen (secondary N) is 1. The normalized spacial score (nSPS) is 20.8. The standard InChI is InChI=1S/C16H20F2N2O/c1-3-16(4-2)9-12(7-8-21-16)20-13-6-5-11(10-19)14(17)15(13)18/h5-6,12,20H,3-4,7-9H2,1-2H3. The SMILES string of the molecule is CCC1(CC)CC(Nc2ccc(C#N)c(F)c2F)CCO1. The molecule has 21 heavy (non-hydrogen) atoms. The maximum absolute atomic E-state index is 13.9. The first kappa shape index (κ1) is 15.7. The first-order valence-electron chi connectivity index (χ1n) is 7.34. The zero-order valence-corrected chi connectivity index (χ0v) is 12.4. The molecular weight excluding hydrogens is 274 g/mol. The first-order chi connectivity index (χ1) is 10.0. The second kappa shape index (κ2) is 6.40. The molecule has 1 aromatic carbocycles. The van der Waals surface area contributed by atoms with Gasteiger partial charge in [-0.25, -0.2) is 8.78 Å². The molecule has 0 spiro atoms. The van der Waals surface area contributed by atoms with Gasteiger partial charge in [0.1, 0.15) is 6.07 Å². The molecule has 0 aromatic heterocycles. The fourth-order valence-corrected chi connectivity index (χ4v) is 2.86. The van der Waals surface area contributed by atoms with Crippen molar-refractivity contribution in [3.63, 3.8) is 0 Å². The summed E-state index contributed by atoms with van der Waals surface area (Å²) in [4.78, 5) is 0. The first-order valence-corrected chi connectivity index (χ1v) is 7.34. The summed E-state index contributed by atoms with van der Waals surface area (Å²) in [5.41, 5.74) is -0.349. The van der Waals surface area contributed by atoms with Crippen LogP contribution in [0.25, 0.3) is 0 Å². The summed E-state index contributed by atoms with van der Waals surface area (Å²) >= 11 is 0. The molecule has 1 aromatic rings. The van der Waals surface area contributed by atoms with Crippen LogP contribution in [0.5, 0.6) is 0 Å². The highest BCUT2D eigenvalue weighted by Gasteiger charge is 2.34. The van der Waals surface area contributed by atoms with Crippen LogP contribution < -0.4 is 5.32 Å². The average Bonchev–Trinajstić information content (AvgIpc) is 2.52. The van der Waals surface area contributed by atoms with Gasteiger partial charge in [0.05, 0.1) is 16.9 Å². The van der Waals surface area contributed by atoms with Gasteiger partial charge in [-0.1, -0.05) is 13.8 Å². The smallest absolute Gasteiger partial charge is 0.183 e. The van der Waals surface area contributed by atoms with Crippen molar-refractivity contribution in [3.8, 4) is 6.07 Å². The Balaban J connectivity index is 2.15. The Labute approximate surface area is 123 Å². The largest absolute Gasteiger partial charge is 0.380 e. The van der Waals surface area contributed by atoms with Crippen LogP contribution in [-0.4, -0.2) is 18.2 Å². The Morgan fingerprint density at radius 1 is 1.33 bits per heavy atom. The van der Waals surface area contributed by atoms with Gasteiger partial charge >= 0.3 is 0 Å². The molecule has 0 saturated carbocycles. The van der Waals surface area contributed by atoms with Crippen molar-refractivity contribution in [2.24, 2.45) is 0 Å². The second-order valence-electron chi connectivity index (χ2n) is 5.47. The summed E-state index contributed by atoms with van der Waals surface area (Å²) in [6, 6.07) is 4.40. The minimum absolute atomic E-state index is 0.0421. The molecule has 3 nitrogen and oxygen atoms in total. The van der Waals surface area contributed by atoms with Crippen molar-refractivity contribution in [2.75, 3.05) is 11.9 Å². The minimum atomic E-state index is -1.09. The van der Waals surface area contributed by atoms with Crippen LogP contribution in [0.1, 0.15) is 45.1 Å². The molecule has 114 valence electrons. The summed E-state index contributed by atoms with van der Waals surface area (Å²) in [5.74, 6) is -2.08. The van der Waals surface area contributed by atoms with E-state index in [1.165, 1.54) is 12.1 Å². The second-order valence-corrected chi connectivity index (χ2v) is 5.47. The highest BCUT2D eigenvalue weighted by Crippen LogP contribution is 2.33. The molecule has 1 unspecified atom stereocenters. The maximum Gasteiger partial charge on any atom is 0.183 e. The molecule has 2 rings (SSSR count). The molecule has 5 heteroatoms. The van der Waals surface area contributed by atoms with E-state index >= 15 is 0 Å². The Morgan fingerprint density at radius 2 is 2.05 bits per heavy atom. The number of rotatable bonds is 4. The van der Waals surface area contributed by atoms with Gasteiger partial charge < -0.3 is 10.1 Å². The average molecular weight is 294 g/mol. The fraction of sp³-hybridized carbons (Fsp3) is 0.562. The van der Waals surface area contributed by atoms with E-state index in [9.17, 15) is 8.78 Å². The number of halogens is 2. The van der Waals surface area contributed by atoms with Crippen LogP contribution in [0, 0.1) is 23.0 Å². The number of nitrogens with zero attached hydrogens (tertiary/aromatic N) is 1. The van der Waals surface area contributed by atoms with Crippen LogP contribution in [-0.2, 0) is 4.74 Å². The third kappa shape index (κ3) is 3.16. The topological polar surface area (TPSA) is 45.0 Å². The minimum Gasteiger partial charge on any atom is -0.380 e. The van der Waals surface area contributed by atoms with Gasteiger partial charge in [-0.15, -0.1) is 0 Å². The van der Waals surface area contributed by atoms with Gasteiger partial charge in [-0.2, -0.15) is 5.26 Å². The van der Waals surface area contributed by atoms with Gasteiger partial charge in [-0.3, -0.25) is 0 Å². The highest BCUT2D eigenvalue weighted by atomic mass is 19.2. The van der Waals surface area contributed by atoms with Crippen LogP contribution >= 0.6 is 0 Å². The maximum atomic E-state index is 13.9. The lowest BCUT2D eigenvalue weighted by atomic mass is 9.86. The molecule has 0 radical (unpaired) electrons. The van der Waals surface area contributed by atoms with E-state index in [0.717, 1.165) is 25.7 Å². The third-order valence-corrected chi connectivity index (χ3v) is 4.34. The number of benzene rings is 1. The van der Waals surface area contributed by atoms with Gasteiger partial charge in [0.25, 0.3) is 0 Å². The van der Waals surface area contributed by atoms with Crippen LogP contribution in [0.3, 0.4) is 0 Å². The predicted octanol–water partition coefficient (Wildman–Crippen LogP) is 3.99. The van der Waals surface area contributed by atoms with Gasteiger partial charge in [0.2, 0.25) is 0 Å². The summed E-state index contributed by atoms with van der Waals surface area (Å²) in [5, 5.41) is 11.8. The van der Waals surface area contributed by atoms with Gasteiger partial charge in [-0.05, 0) is 37.8 Å². The van der Waals surface area contributed by atoms with Crippen LogP contribution in [0.2, 0.25) is 0 Å². The summed E-state index contributed by atoms with van der Waals surface area (Å²) in [6.07, 6.45) is 3.31. The number of anilines is 1. The van der Waals surface area contributed by atoms with Crippen LogP contribution in [0.4, 0.5) is 14.5 Å². The van der Waals surface area contributed by atoms with Crippen molar-refractivity contribution in [1.82, 2.24) is 0 Å². The van der Waals surface area contributed by atoms with Crippen molar-refractivity contribution in [2.45, 2.75) is 51.2 Å². The summed E-state index contributed by atoms with van der Waals surface area (Å²) in [7, 11) is 0. The Morgan fingerprint density at radius 3 is 2.67 bits per heavy atom. The van der Waals surface area contributed by atoms with E-state index in [4.69, 9.17) is 10.00 Å². The molecule has 1 heterocycles. The van der Waals surface area contributed by atoms with E-state index in [2.05, 4.69) is 19.2 Å². The molecule has 1 fully saturated rings. The summed E-state index contributed by atoms with van der Waals surface area (Å²) in [6.45, 7) is 4.77. The predicted molar refractivity (Wildman–Crippen MR) is 77.0 cm³/mol. The number of hydrogen-bond donors (Lipinski definition) is 1. The molecule has 1 aliphatic rings. The number of ether oxygens (including phenoxy) is 1. The molecule has 1 atom stereocenters. The highest BCUT2D eigenvalue weighted by molar-refractivity contribution is 5.50. The van der Waals surface area contributed by atoms with E-state index < -0.39 is 11.6 Å². The zero-order chi connectivity index (χ0) is 15.5. The lowest BCUT2D eigenvalue weighted by Crippen LogP contribution is -2.43. The van der Waals surface area contributed by atoms with E-state index in [1.54, 1.807) is 6.07 Å². The lowest BCUT2D eigenvalue weighted by molar-refractivity contribution is -0.0864. The molecule has 0 aliphatic carbocycles. The van der Waals surface area contributed by atoms with E-state index in [-0.39, 0.29) is 22.9 Å². The Kier molecular flexibility index (Phi) is 4.79. The molecule has 0 bridgehead atoms. The number of nitriles is 1.